The molecule has 0 spiro atoms. The maximum Gasteiger partial charge on any atom is 0.329 e. The third-order valence-corrected chi connectivity index (χ3v) is 4.97. The molecular weight excluding hydrogens is 379 g/mol. The predicted octanol–water partition coefficient (Wildman–Crippen LogP) is 1.92. The van der Waals surface area contributed by atoms with Crippen LogP contribution in [-0.4, -0.2) is 47.9 Å². The highest BCUT2D eigenvalue weighted by atomic mass is 35.5. The number of urea groups is 1. The minimum Gasteiger partial charge on any atom is -0.338 e. The van der Waals surface area contributed by atoms with Gasteiger partial charge in [-0.05, 0) is 43.5 Å². The fraction of sp³-hybridized carbons (Fsp3) is 0.471. The number of rotatable bonds is 5. The molecule has 1 aromatic carbocycles. The van der Waals surface area contributed by atoms with Gasteiger partial charge < -0.3 is 16.0 Å². The van der Waals surface area contributed by atoms with Gasteiger partial charge >= 0.3 is 6.03 Å². The van der Waals surface area contributed by atoms with Crippen LogP contribution in [-0.2, 0) is 9.59 Å². The number of halogens is 2. The number of imide groups is 1. The smallest absolute Gasteiger partial charge is 0.329 e. The van der Waals surface area contributed by atoms with Gasteiger partial charge in [0.25, 0.3) is 5.91 Å². The normalized spacial score (nSPS) is 22.4. The van der Waals surface area contributed by atoms with E-state index in [1.54, 1.807) is 29.2 Å². The van der Waals surface area contributed by atoms with E-state index in [0.717, 1.165) is 17.7 Å². The Morgan fingerprint density at radius 2 is 1.96 bits per heavy atom. The van der Waals surface area contributed by atoms with E-state index in [4.69, 9.17) is 17.3 Å². The van der Waals surface area contributed by atoms with E-state index in [9.17, 15) is 14.4 Å². The standard InChI is InChI=1S/C17H21ClN4O3.ClH/c18-11-3-5-12(6-4-11)22-16(24)14(20-17(22)25)7-8-15(23)21-9-1-2-13(21)10-19;/h3-6,13-14H,1-2,7-10,19H2,(H,20,25);1H. The Hall–Kier alpha value is -1.83. The summed E-state index contributed by atoms with van der Waals surface area (Å²) in [6.07, 6.45) is 2.37. The number of hydrogen-bond acceptors (Lipinski definition) is 4. The van der Waals surface area contributed by atoms with Crippen LogP contribution in [0.4, 0.5) is 10.5 Å². The summed E-state index contributed by atoms with van der Waals surface area (Å²) < 4.78 is 0. The van der Waals surface area contributed by atoms with E-state index in [0.29, 0.717) is 23.8 Å². The topological polar surface area (TPSA) is 95.7 Å². The second-order valence-corrected chi connectivity index (χ2v) is 6.75. The molecule has 7 nitrogen and oxygen atoms in total. The molecule has 0 aromatic heterocycles. The first kappa shape index (κ1) is 20.5. The van der Waals surface area contributed by atoms with Gasteiger partial charge in [0, 0.05) is 30.6 Å². The number of amides is 4. The molecule has 2 aliphatic rings. The number of nitrogens with two attached hydrogens (primary N) is 1. The number of carbonyl (C=O) groups is 3. The van der Waals surface area contributed by atoms with Crippen molar-refractivity contribution in [2.45, 2.75) is 37.8 Å². The predicted molar refractivity (Wildman–Crippen MR) is 102 cm³/mol. The maximum atomic E-state index is 12.5. The summed E-state index contributed by atoms with van der Waals surface area (Å²) in [6, 6.07) is 5.39. The molecule has 0 aliphatic carbocycles. The van der Waals surface area contributed by atoms with Crippen LogP contribution in [0.1, 0.15) is 25.7 Å². The molecule has 2 fully saturated rings. The quantitative estimate of drug-likeness (QED) is 0.737. The lowest BCUT2D eigenvalue weighted by Crippen LogP contribution is -2.40. The number of nitrogens with one attached hydrogen (secondary N) is 1. The lowest BCUT2D eigenvalue weighted by molar-refractivity contribution is -0.132. The van der Waals surface area contributed by atoms with E-state index in [1.807, 2.05) is 0 Å². The fourth-order valence-electron chi connectivity index (χ4n) is 3.38. The number of anilines is 1. The van der Waals surface area contributed by atoms with Crippen molar-refractivity contribution in [1.82, 2.24) is 10.2 Å². The molecule has 0 saturated carbocycles. The molecule has 2 saturated heterocycles. The number of nitrogens with zero attached hydrogens (tertiary/aromatic N) is 2. The van der Waals surface area contributed by atoms with Crippen molar-refractivity contribution in [2.75, 3.05) is 18.0 Å². The third kappa shape index (κ3) is 4.11. The second kappa shape index (κ2) is 8.70. The first-order valence-electron chi connectivity index (χ1n) is 8.41. The molecule has 2 atom stereocenters. The average Bonchev–Trinajstić information content (AvgIpc) is 3.18. The van der Waals surface area contributed by atoms with Crippen molar-refractivity contribution in [3.05, 3.63) is 29.3 Å². The van der Waals surface area contributed by atoms with Gasteiger partial charge in [-0.3, -0.25) is 9.59 Å². The molecule has 0 bridgehead atoms. The zero-order valence-corrected chi connectivity index (χ0v) is 15.8. The molecule has 142 valence electrons. The van der Waals surface area contributed by atoms with Gasteiger partial charge in [-0.25, -0.2) is 9.69 Å². The van der Waals surface area contributed by atoms with Gasteiger partial charge in [-0.15, -0.1) is 12.4 Å². The Labute approximate surface area is 163 Å². The largest absolute Gasteiger partial charge is 0.338 e. The minimum atomic E-state index is -0.689. The molecule has 0 radical (unpaired) electrons. The van der Waals surface area contributed by atoms with E-state index in [2.05, 4.69) is 5.32 Å². The third-order valence-electron chi connectivity index (χ3n) is 4.72. The Kier molecular flexibility index (Phi) is 6.86. The van der Waals surface area contributed by atoms with Crippen LogP contribution < -0.4 is 16.0 Å². The first-order valence-corrected chi connectivity index (χ1v) is 8.78. The van der Waals surface area contributed by atoms with E-state index in [-0.39, 0.29) is 43.1 Å². The second-order valence-electron chi connectivity index (χ2n) is 6.31. The summed E-state index contributed by atoms with van der Waals surface area (Å²) in [5.74, 6) is -0.364. The van der Waals surface area contributed by atoms with Crippen molar-refractivity contribution >= 4 is 47.5 Å². The zero-order chi connectivity index (χ0) is 18.0. The van der Waals surface area contributed by atoms with Gasteiger partial charge in [0.15, 0.2) is 0 Å². The van der Waals surface area contributed by atoms with E-state index < -0.39 is 12.1 Å². The number of hydrogen-bond donors (Lipinski definition) is 2. The molecule has 9 heteroatoms. The van der Waals surface area contributed by atoms with Crippen molar-refractivity contribution < 1.29 is 14.4 Å². The highest BCUT2D eigenvalue weighted by Crippen LogP contribution is 2.24. The minimum absolute atomic E-state index is 0. The lowest BCUT2D eigenvalue weighted by atomic mass is 10.1. The number of carbonyl (C=O) groups excluding carboxylic acids is 3. The van der Waals surface area contributed by atoms with Crippen LogP contribution >= 0.6 is 24.0 Å². The summed E-state index contributed by atoms with van der Waals surface area (Å²) in [5.41, 5.74) is 6.15. The molecule has 4 amide bonds. The van der Waals surface area contributed by atoms with Crippen LogP contribution in [0.25, 0.3) is 0 Å². The van der Waals surface area contributed by atoms with Crippen molar-refractivity contribution in [2.24, 2.45) is 5.73 Å². The van der Waals surface area contributed by atoms with Crippen molar-refractivity contribution in [1.29, 1.82) is 0 Å². The van der Waals surface area contributed by atoms with E-state index in [1.165, 1.54) is 0 Å². The Bertz CT molecular complexity index is 683. The Morgan fingerprint density at radius 3 is 2.62 bits per heavy atom. The first-order chi connectivity index (χ1) is 12.0. The summed E-state index contributed by atoms with van der Waals surface area (Å²) in [7, 11) is 0. The zero-order valence-electron chi connectivity index (χ0n) is 14.2. The molecule has 2 unspecified atom stereocenters. The van der Waals surface area contributed by atoms with Gasteiger partial charge in [0.1, 0.15) is 6.04 Å². The average molecular weight is 401 g/mol. The summed E-state index contributed by atoms with van der Waals surface area (Å²) >= 11 is 5.84. The monoisotopic (exact) mass is 400 g/mol. The summed E-state index contributed by atoms with van der Waals surface area (Å²) in [6.45, 7) is 1.16. The number of benzene rings is 1. The summed E-state index contributed by atoms with van der Waals surface area (Å²) in [5, 5.41) is 3.17. The summed E-state index contributed by atoms with van der Waals surface area (Å²) in [4.78, 5) is 39.9. The number of likely N-dealkylation sites (tertiary alicyclic amines) is 1. The lowest BCUT2D eigenvalue weighted by Gasteiger charge is -2.23. The Morgan fingerprint density at radius 1 is 1.27 bits per heavy atom. The molecule has 2 aliphatic heterocycles. The molecule has 3 N–H and O–H groups in total. The van der Waals surface area contributed by atoms with Gasteiger partial charge in [-0.1, -0.05) is 11.6 Å². The van der Waals surface area contributed by atoms with Crippen LogP contribution in [0.15, 0.2) is 24.3 Å². The van der Waals surface area contributed by atoms with Crippen LogP contribution in [0.5, 0.6) is 0 Å². The Balaban J connectivity index is 0.00000243. The molecule has 26 heavy (non-hydrogen) atoms. The molecule has 3 rings (SSSR count). The molecule has 1 aromatic rings. The highest BCUT2D eigenvalue weighted by molar-refractivity contribution is 6.30. The van der Waals surface area contributed by atoms with Crippen LogP contribution in [0.2, 0.25) is 5.02 Å². The van der Waals surface area contributed by atoms with Gasteiger partial charge in [-0.2, -0.15) is 0 Å². The van der Waals surface area contributed by atoms with Gasteiger partial charge in [0.2, 0.25) is 5.91 Å². The highest BCUT2D eigenvalue weighted by Gasteiger charge is 2.39. The fourth-order valence-corrected chi connectivity index (χ4v) is 3.51. The van der Waals surface area contributed by atoms with E-state index >= 15 is 0 Å². The van der Waals surface area contributed by atoms with Crippen LogP contribution in [0.3, 0.4) is 0 Å². The SMILES string of the molecule is Cl.NCC1CCCN1C(=O)CCC1NC(=O)N(c2ccc(Cl)cc2)C1=O. The van der Waals surface area contributed by atoms with Gasteiger partial charge in [0.05, 0.1) is 5.69 Å². The van der Waals surface area contributed by atoms with Crippen molar-refractivity contribution in [3.8, 4) is 0 Å². The van der Waals surface area contributed by atoms with Crippen LogP contribution in [0, 0.1) is 0 Å². The van der Waals surface area contributed by atoms with Crippen molar-refractivity contribution in [3.63, 3.8) is 0 Å². The molecular formula is C17H22Cl2N4O3. The molecule has 2 heterocycles. The maximum absolute atomic E-state index is 12.5.